The highest BCUT2D eigenvalue weighted by molar-refractivity contribution is 9.10. The third-order valence-electron chi connectivity index (χ3n) is 5.28. The van der Waals surface area contributed by atoms with Gasteiger partial charge in [-0.25, -0.2) is 9.37 Å². The summed E-state index contributed by atoms with van der Waals surface area (Å²) in [5, 5.41) is 10.9. The molecule has 0 bridgehead atoms. The van der Waals surface area contributed by atoms with Crippen molar-refractivity contribution in [2.75, 3.05) is 6.61 Å². The van der Waals surface area contributed by atoms with Crippen LogP contribution in [0.3, 0.4) is 0 Å². The molecule has 6 heteroatoms. The molecule has 0 saturated carbocycles. The second-order valence-corrected chi connectivity index (χ2v) is 14.0. The van der Waals surface area contributed by atoms with Crippen LogP contribution in [-0.4, -0.2) is 25.0 Å². The molecule has 0 saturated heterocycles. The van der Waals surface area contributed by atoms with Gasteiger partial charge in [0, 0.05) is 6.61 Å². The smallest absolute Gasteiger partial charge is 0.191 e. The first-order valence-corrected chi connectivity index (χ1v) is 12.9. The van der Waals surface area contributed by atoms with E-state index in [1.165, 1.54) is 12.1 Å². The first-order valence-electron chi connectivity index (χ1n) is 9.24. The molecule has 27 heavy (non-hydrogen) atoms. The molecule has 2 aromatic rings. The maximum absolute atomic E-state index is 13.8. The van der Waals surface area contributed by atoms with Gasteiger partial charge in [0.05, 0.1) is 5.69 Å². The second-order valence-electron chi connectivity index (χ2n) is 8.34. The lowest BCUT2D eigenvalue weighted by Gasteiger charge is -2.36. The predicted molar refractivity (Wildman–Crippen MR) is 114 cm³/mol. The number of pyridine rings is 1. The van der Waals surface area contributed by atoms with Gasteiger partial charge < -0.3 is 9.53 Å². The van der Waals surface area contributed by atoms with Crippen molar-refractivity contribution in [3.63, 3.8) is 0 Å². The van der Waals surface area contributed by atoms with E-state index in [0.29, 0.717) is 28.9 Å². The molecular formula is C21H29BrFNO2Si. The topological polar surface area (TPSA) is 42.4 Å². The van der Waals surface area contributed by atoms with Gasteiger partial charge in [-0.2, -0.15) is 0 Å². The third-order valence-corrected chi connectivity index (χ3v) is 10.3. The Morgan fingerprint density at radius 3 is 2.56 bits per heavy atom. The lowest BCUT2D eigenvalue weighted by atomic mass is 9.96. The van der Waals surface area contributed by atoms with E-state index < -0.39 is 14.4 Å². The molecule has 1 N–H and O–H groups in total. The summed E-state index contributed by atoms with van der Waals surface area (Å²) < 4.78 is 20.7. The number of aliphatic hydroxyl groups is 1. The van der Waals surface area contributed by atoms with E-state index in [9.17, 15) is 9.50 Å². The van der Waals surface area contributed by atoms with Gasteiger partial charge in [-0.05, 0) is 82.3 Å². The summed E-state index contributed by atoms with van der Waals surface area (Å²) in [4.78, 5) is 4.32. The van der Waals surface area contributed by atoms with E-state index in [1.54, 1.807) is 18.2 Å². The fraction of sp³-hybridized carbons (Fsp3) is 0.476. The number of aryl methyl sites for hydroxylation is 1. The molecule has 0 aliphatic carbocycles. The van der Waals surface area contributed by atoms with Gasteiger partial charge in [0.15, 0.2) is 8.32 Å². The molecular weight excluding hydrogens is 425 g/mol. The van der Waals surface area contributed by atoms with E-state index in [0.717, 1.165) is 12.0 Å². The average Bonchev–Trinajstić information content (AvgIpc) is 2.57. The number of hydrogen-bond acceptors (Lipinski definition) is 3. The summed E-state index contributed by atoms with van der Waals surface area (Å²) in [6.45, 7) is 11.7. The summed E-state index contributed by atoms with van der Waals surface area (Å²) in [5.74, 6) is -0.298. The van der Waals surface area contributed by atoms with E-state index >= 15 is 0 Å². The predicted octanol–water partition coefficient (Wildman–Crippen LogP) is 6.02. The van der Waals surface area contributed by atoms with E-state index in [1.807, 2.05) is 6.07 Å². The van der Waals surface area contributed by atoms with Gasteiger partial charge in [0.2, 0.25) is 0 Å². The normalized spacial score (nSPS) is 13.6. The van der Waals surface area contributed by atoms with Crippen molar-refractivity contribution in [1.29, 1.82) is 0 Å². The summed E-state index contributed by atoms with van der Waals surface area (Å²) in [6.07, 6.45) is 0.536. The zero-order valence-electron chi connectivity index (χ0n) is 16.7. The Bertz CT molecular complexity index is 777. The molecule has 3 nitrogen and oxygen atoms in total. The molecule has 2 rings (SSSR count). The quantitative estimate of drug-likeness (QED) is 0.316. The maximum Gasteiger partial charge on any atom is 0.191 e. The summed E-state index contributed by atoms with van der Waals surface area (Å²) in [5.41, 5.74) is 2.02. The fourth-order valence-corrected chi connectivity index (χ4v) is 4.04. The molecule has 1 atom stereocenters. The lowest BCUT2D eigenvalue weighted by molar-refractivity contribution is 0.213. The van der Waals surface area contributed by atoms with Crippen molar-refractivity contribution in [2.45, 2.75) is 57.8 Å². The van der Waals surface area contributed by atoms with Gasteiger partial charge >= 0.3 is 0 Å². The number of aromatic nitrogens is 1. The minimum Gasteiger partial charge on any atom is -0.417 e. The number of halogens is 2. The van der Waals surface area contributed by atoms with Crippen LogP contribution in [0.5, 0.6) is 0 Å². The van der Waals surface area contributed by atoms with Crippen molar-refractivity contribution in [3.05, 3.63) is 63.6 Å². The van der Waals surface area contributed by atoms with E-state index in [-0.39, 0.29) is 10.9 Å². The van der Waals surface area contributed by atoms with Gasteiger partial charge in [-0.3, -0.25) is 0 Å². The van der Waals surface area contributed by atoms with E-state index in [2.05, 4.69) is 54.8 Å². The third kappa shape index (κ3) is 5.94. The lowest BCUT2D eigenvalue weighted by Crippen LogP contribution is -2.41. The molecule has 1 aromatic heterocycles. The highest BCUT2D eigenvalue weighted by Gasteiger charge is 2.36. The molecule has 1 aromatic carbocycles. The monoisotopic (exact) mass is 453 g/mol. The molecule has 0 spiro atoms. The number of rotatable bonds is 7. The molecule has 0 aliphatic heterocycles. The average molecular weight is 454 g/mol. The zero-order chi connectivity index (χ0) is 20.2. The minimum atomic E-state index is -1.79. The van der Waals surface area contributed by atoms with Crippen LogP contribution in [0.15, 0.2) is 41.0 Å². The molecule has 0 fully saturated rings. The van der Waals surface area contributed by atoms with Gasteiger partial charge in [-0.1, -0.05) is 32.9 Å². The first kappa shape index (κ1) is 22.2. The summed E-state index contributed by atoms with van der Waals surface area (Å²) in [7, 11) is -1.79. The second kappa shape index (κ2) is 8.95. The number of nitrogens with zero attached hydrogens (tertiary/aromatic N) is 1. The number of hydrogen-bond donors (Lipinski definition) is 1. The van der Waals surface area contributed by atoms with E-state index in [4.69, 9.17) is 4.43 Å². The Hall–Kier alpha value is -1.08. The SMILES string of the molecule is CC(C)(C)[Si](C)(C)OCCCc1cc(F)ccc1C(O)c1cccc(Br)n1. The summed E-state index contributed by atoms with van der Waals surface area (Å²) in [6, 6.07) is 9.93. The molecule has 1 heterocycles. The Morgan fingerprint density at radius 2 is 1.93 bits per heavy atom. The number of benzene rings is 1. The molecule has 148 valence electrons. The first-order chi connectivity index (χ1) is 12.5. The molecule has 0 amide bonds. The fourth-order valence-electron chi connectivity index (χ4n) is 2.60. The van der Waals surface area contributed by atoms with Crippen LogP contribution < -0.4 is 0 Å². The standard InChI is InChI=1S/C21H29BrFNO2Si/c1-21(2,3)27(4,5)26-13-7-8-15-14-16(23)11-12-17(15)20(25)18-9-6-10-19(22)24-18/h6,9-12,14,20,25H,7-8,13H2,1-5H3. The van der Waals surface area contributed by atoms with Crippen LogP contribution in [0.2, 0.25) is 18.1 Å². The van der Waals surface area contributed by atoms with Crippen LogP contribution in [0.4, 0.5) is 4.39 Å². The Labute approximate surface area is 171 Å². The summed E-state index contributed by atoms with van der Waals surface area (Å²) >= 11 is 3.32. The highest BCUT2D eigenvalue weighted by Crippen LogP contribution is 2.36. The van der Waals surface area contributed by atoms with Crippen LogP contribution in [0, 0.1) is 5.82 Å². The van der Waals surface area contributed by atoms with Crippen LogP contribution in [0.1, 0.15) is 50.1 Å². The maximum atomic E-state index is 13.8. The number of aliphatic hydroxyl groups excluding tert-OH is 1. The van der Waals surface area contributed by atoms with Gasteiger partial charge in [-0.15, -0.1) is 0 Å². The largest absolute Gasteiger partial charge is 0.417 e. The van der Waals surface area contributed by atoms with Crippen molar-refractivity contribution in [1.82, 2.24) is 4.98 Å². The van der Waals surface area contributed by atoms with Crippen LogP contribution in [-0.2, 0) is 10.8 Å². The van der Waals surface area contributed by atoms with Crippen LogP contribution >= 0.6 is 15.9 Å². The van der Waals surface area contributed by atoms with Crippen molar-refractivity contribution >= 4 is 24.2 Å². The minimum absolute atomic E-state index is 0.166. The van der Waals surface area contributed by atoms with Crippen molar-refractivity contribution in [3.8, 4) is 0 Å². The van der Waals surface area contributed by atoms with Crippen molar-refractivity contribution < 1.29 is 13.9 Å². The van der Waals surface area contributed by atoms with Crippen LogP contribution in [0.25, 0.3) is 0 Å². The Kier molecular flexibility index (Phi) is 7.36. The van der Waals surface area contributed by atoms with Gasteiger partial charge in [0.1, 0.15) is 16.5 Å². The Balaban J connectivity index is 2.10. The Morgan fingerprint density at radius 1 is 1.22 bits per heavy atom. The molecule has 1 unspecified atom stereocenters. The zero-order valence-corrected chi connectivity index (χ0v) is 19.3. The van der Waals surface area contributed by atoms with Crippen molar-refractivity contribution in [2.24, 2.45) is 0 Å². The van der Waals surface area contributed by atoms with Gasteiger partial charge in [0.25, 0.3) is 0 Å². The molecule has 0 radical (unpaired) electrons. The molecule has 0 aliphatic rings. The highest BCUT2D eigenvalue weighted by atomic mass is 79.9.